The van der Waals surface area contributed by atoms with E-state index >= 15 is 0 Å². The molecule has 2 N–H and O–H groups in total. The Hall–Kier alpha value is -0.610. The average molecular weight is 147 g/mol. The van der Waals surface area contributed by atoms with Crippen LogP contribution in [0.2, 0.25) is 0 Å². The van der Waals surface area contributed by atoms with E-state index in [1.54, 1.807) is 0 Å². The van der Waals surface area contributed by atoms with Crippen molar-refractivity contribution in [2.75, 3.05) is 6.61 Å². The quantitative estimate of drug-likeness (QED) is 0.436. The first-order chi connectivity index (χ1) is 4.68. The van der Waals surface area contributed by atoms with Crippen molar-refractivity contribution in [1.29, 1.82) is 0 Å². The Bertz CT molecular complexity index is 105. The summed E-state index contributed by atoms with van der Waals surface area (Å²) in [6.07, 6.45) is 0.874. The van der Waals surface area contributed by atoms with E-state index in [1.165, 1.54) is 6.92 Å². The lowest BCUT2D eigenvalue weighted by atomic mass is 10.4. The third-order valence-corrected chi connectivity index (χ3v) is 0.937. The van der Waals surface area contributed by atoms with E-state index in [0.717, 1.165) is 6.42 Å². The summed E-state index contributed by atoms with van der Waals surface area (Å²) in [6, 6.07) is -0.633. The molecule has 0 radical (unpaired) electrons. The molecule has 10 heavy (non-hydrogen) atoms. The minimum Gasteiger partial charge on any atom is -0.480 e. The van der Waals surface area contributed by atoms with Crippen LogP contribution in [0.3, 0.4) is 0 Å². The molecule has 4 nitrogen and oxygen atoms in total. The number of carbonyl (C=O) groups is 1. The molecule has 0 aromatic carbocycles. The van der Waals surface area contributed by atoms with Crippen LogP contribution in [-0.4, -0.2) is 23.7 Å². The number of hydroxylamine groups is 1. The van der Waals surface area contributed by atoms with Gasteiger partial charge in [-0.1, -0.05) is 6.92 Å². The molecular formula is C6H13NO3. The lowest BCUT2D eigenvalue weighted by Crippen LogP contribution is -2.33. The Morgan fingerprint density at radius 1 is 1.80 bits per heavy atom. The first-order valence-corrected chi connectivity index (χ1v) is 3.28. The van der Waals surface area contributed by atoms with Crippen molar-refractivity contribution in [1.82, 2.24) is 5.48 Å². The highest BCUT2D eigenvalue weighted by molar-refractivity contribution is 5.72. The molecule has 60 valence electrons. The van der Waals surface area contributed by atoms with Gasteiger partial charge in [-0.25, -0.2) is 0 Å². The van der Waals surface area contributed by atoms with Crippen molar-refractivity contribution in [2.45, 2.75) is 26.3 Å². The van der Waals surface area contributed by atoms with Gasteiger partial charge in [0.25, 0.3) is 0 Å². The standard InChI is InChI=1S/C6H13NO3/c1-3-4-10-7-5(2)6(8)9/h5,7H,3-4H2,1-2H3,(H,8,9). The van der Waals surface area contributed by atoms with Crippen LogP contribution in [0.5, 0.6) is 0 Å². The van der Waals surface area contributed by atoms with Crippen LogP contribution in [0, 0.1) is 0 Å². The van der Waals surface area contributed by atoms with Crippen LogP contribution < -0.4 is 5.48 Å². The van der Waals surface area contributed by atoms with Crippen LogP contribution in [0.25, 0.3) is 0 Å². The van der Waals surface area contributed by atoms with E-state index in [4.69, 9.17) is 9.94 Å². The summed E-state index contributed by atoms with van der Waals surface area (Å²) in [5.74, 6) is -0.906. The molecule has 0 rings (SSSR count). The monoisotopic (exact) mass is 147 g/mol. The minimum absolute atomic E-state index is 0.539. The van der Waals surface area contributed by atoms with E-state index in [1.807, 2.05) is 6.92 Å². The van der Waals surface area contributed by atoms with Gasteiger partial charge in [0.05, 0.1) is 6.61 Å². The van der Waals surface area contributed by atoms with Crippen LogP contribution >= 0.6 is 0 Å². The zero-order valence-electron chi connectivity index (χ0n) is 6.26. The first-order valence-electron chi connectivity index (χ1n) is 3.28. The van der Waals surface area contributed by atoms with Gasteiger partial charge in [-0.15, -0.1) is 0 Å². The molecule has 0 heterocycles. The topological polar surface area (TPSA) is 58.6 Å². The first kappa shape index (κ1) is 9.39. The summed E-state index contributed by atoms with van der Waals surface area (Å²) in [7, 11) is 0. The van der Waals surface area contributed by atoms with Gasteiger partial charge in [0.15, 0.2) is 0 Å². The van der Waals surface area contributed by atoms with Crippen molar-refractivity contribution in [2.24, 2.45) is 0 Å². The number of hydrogen-bond donors (Lipinski definition) is 2. The Balaban J connectivity index is 3.21. The molecule has 0 aliphatic rings. The maximum Gasteiger partial charge on any atom is 0.322 e. The second-order valence-electron chi connectivity index (χ2n) is 2.03. The van der Waals surface area contributed by atoms with Crippen molar-refractivity contribution in [3.8, 4) is 0 Å². The summed E-state index contributed by atoms with van der Waals surface area (Å²) in [4.78, 5) is 14.9. The predicted octanol–water partition coefficient (Wildman–Crippen LogP) is 0.391. The van der Waals surface area contributed by atoms with Gasteiger partial charge in [-0.3, -0.25) is 4.79 Å². The Kier molecular flexibility index (Phi) is 4.88. The van der Waals surface area contributed by atoms with Gasteiger partial charge in [0.2, 0.25) is 0 Å². The molecule has 0 saturated carbocycles. The van der Waals surface area contributed by atoms with Gasteiger partial charge < -0.3 is 9.94 Å². The second kappa shape index (κ2) is 5.20. The summed E-state index contributed by atoms with van der Waals surface area (Å²) in [5, 5.41) is 8.34. The smallest absolute Gasteiger partial charge is 0.322 e. The summed E-state index contributed by atoms with van der Waals surface area (Å²) in [5.41, 5.74) is 2.38. The maximum atomic E-state index is 10.2. The molecular weight excluding hydrogens is 134 g/mol. The van der Waals surface area contributed by atoms with Gasteiger partial charge >= 0.3 is 5.97 Å². The normalized spacial score (nSPS) is 13.0. The molecule has 0 amide bonds. The molecule has 1 unspecified atom stereocenters. The lowest BCUT2D eigenvalue weighted by molar-refractivity contribution is -0.143. The minimum atomic E-state index is -0.906. The molecule has 0 spiro atoms. The second-order valence-corrected chi connectivity index (χ2v) is 2.03. The van der Waals surface area contributed by atoms with Crippen LogP contribution in [-0.2, 0) is 9.63 Å². The predicted molar refractivity (Wildman–Crippen MR) is 36.5 cm³/mol. The lowest BCUT2D eigenvalue weighted by Gasteiger charge is -2.07. The molecule has 0 aliphatic carbocycles. The van der Waals surface area contributed by atoms with E-state index in [-0.39, 0.29) is 0 Å². The largest absolute Gasteiger partial charge is 0.480 e. The van der Waals surface area contributed by atoms with E-state index in [2.05, 4.69) is 5.48 Å². The third-order valence-electron chi connectivity index (χ3n) is 0.937. The highest BCUT2D eigenvalue weighted by Crippen LogP contribution is 1.82. The highest BCUT2D eigenvalue weighted by Gasteiger charge is 2.08. The van der Waals surface area contributed by atoms with Crippen molar-refractivity contribution in [3.63, 3.8) is 0 Å². The molecule has 0 aromatic heterocycles. The molecule has 0 saturated heterocycles. The Morgan fingerprint density at radius 3 is 2.80 bits per heavy atom. The van der Waals surface area contributed by atoms with Crippen LogP contribution in [0.15, 0.2) is 0 Å². The Labute approximate surface area is 60.1 Å². The maximum absolute atomic E-state index is 10.2. The SMILES string of the molecule is CCCONC(C)C(=O)O. The summed E-state index contributed by atoms with van der Waals surface area (Å²) >= 11 is 0. The van der Waals surface area contributed by atoms with E-state index < -0.39 is 12.0 Å². The molecule has 0 fully saturated rings. The van der Waals surface area contributed by atoms with Gasteiger partial charge in [0, 0.05) is 0 Å². The number of nitrogens with one attached hydrogen (secondary N) is 1. The van der Waals surface area contributed by atoms with Crippen molar-refractivity contribution in [3.05, 3.63) is 0 Å². The molecule has 0 aliphatic heterocycles. The van der Waals surface area contributed by atoms with Crippen molar-refractivity contribution < 1.29 is 14.7 Å². The number of carboxylic acids is 1. The summed E-state index contributed by atoms with van der Waals surface area (Å²) in [6.45, 7) is 4.02. The Morgan fingerprint density at radius 2 is 2.40 bits per heavy atom. The van der Waals surface area contributed by atoms with Crippen molar-refractivity contribution >= 4 is 5.97 Å². The van der Waals surface area contributed by atoms with Crippen LogP contribution in [0.1, 0.15) is 20.3 Å². The van der Waals surface area contributed by atoms with Crippen LogP contribution in [0.4, 0.5) is 0 Å². The number of hydrogen-bond acceptors (Lipinski definition) is 3. The third kappa shape index (κ3) is 4.29. The molecule has 0 aromatic rings. The molecule has 4 heteroatoms. The average Bonchev–Trinajstić information content (AvgIpc) is 1.88. The van der Waals surface area contributed by atoms with Gasteiger partial charge in [-0.2, -0.15) is 5.48 Å². The fourth-order valence-corrected chi connectivity index (χ4v) is 0.336. The van der Waals surface area contributed by atoms with Gasteiger partial charge in [0.1, 0.15) is 6.04 Å². The fourth-order valence-electron chi connectivity index (χ4n) is 0.336. The molecule has 0 bridgehead atoms. The number of aliphatic carboxylic acids is 1. The molecule has 1 atom stereocenters. The fraction of sp³-hybridized carbons (Fsp3) is 0.833. The number of carboxylic acid groups (broad SMARTS) is 1. The zero-order chi connectivity index (χ0) is 7.98. The van der Waals surface area contributed by atoms with Gasteiger partial charge in [-0.05, 0) is 13.3 Å². The van der Waals surface area contributed by atoms with E-state index in [9.17, 15) is 4.79 Å². The number of rotatable bonds is 5. The summed E-state index contributed by atoms with van der Waals surface area (Å²) < 4.78 is 0. The zero-order valence-corrected chi connectivity index (χ0v) is 6.26. The highest BCUT2D eigenvalue weighted by atomic mass is 16.6. The van der Waals surface area contributed by atoms with E-state index in [0.29, 0.717) is 6.61 Å².